The Kier molecular flexibility index (Phi) is 5.69. The Balaban J connectivity index is 1.79. The van der Waals surface area contributed by atoms with Crippen LogP contribution in [0.2, 0.25) is 0 Å². The van der Waals surface area contributed by atoms with Crippen molar-refractivity contribution in [3.63, 3.8) is 0 Å². The molecule has 6 heteroatoms. The first-order chi connectivity index (χ1) is 10.2. The van der Waals surface area contributed by atoms with Crippen LogP contribution in [0.4, 0.5) is 5.69 Å². The number of nitriles is 1. The maximum Gasteiger partial charge on any atom is 0.238 e. The van der Waals surface area contributed by atoms with Crippen molar-refractivity contribution in [3.8, 4) is 6.07 Å². The third-order valence-electron chi connectivity index (χ3n) is 3.21. The third-order valence-corrected chi connectivity index (χ3v) is 3.21. The van der Waals surface area contributed by atoms with Gasteiger partial charge in [0.05, 0.1) is 30.9 Å². The quantitative estimate of drug-likeness (QED) is 0.821. The maximum absolute atomic E-state index is 12.0. The van der Waals surface area contributed by atoms with Crippen LogP contribution in [-0.2, 0) is 9.53 Å². The number of carbonyl (C=O) groups is 1. The summed E-state index contributed by atoms with van der Waals surface area (Å²) in [4.78, 5) is 13.9. The fourth-order valence-electron chi connectivity index (χ4n) is 2.26. The van der Waals surface area contributed by atoms with Gasteiger partial charge in [-0.15, -0.1) is 0 Å². The molecule has 1 aliphatic rings. The highest BCUT2D eigenvalue weighted by atomic mass is 16.5. The highest BCUT2D eigenvalue weighted by Crippen LogP contribution is 2.09. The fourth-order valence-corrected chi connectivity index (χ4v) is 2.26. The molecule has 1 heterocycles. The number of likely N-dealkylation sites (N-methyl/N-ethyl adjacent to an activating group) is 1. The molecule has 0 saturated carbocycles. The molecule has 6 nitrogen and oxygen atoms in total. The third kappa shape index (κ3) is 5.16. The molecule has 0 spiro atoms. The van der Waals surface area contributed by atoms with E-state index in [-0.39, 0.29) is 18.6 Å². The highest BCUT2D eigenvalue weighted by Gasteiger charge is 2.17. The van der Waals surface area contributed by atoms with Crippen molar-refractivity contribution in [2.75, 3.05) is 45.2 Å². The number of benzene rings is 1. The average molecular weight is 288 g/mol. The Hall–Kier alpha value is -1.94. The van der Waals surface area contributed by atoms with E-state index in [2.05, 4.69) is 16.7 Å². The highest BCUT2D eigenvalue weighted by molar-refractivity contribution is 5.92. The van der Waals surface area contributed by atoms with E-state index in [0.717, 1.165) is 13.1 Å². The van der Waals surface area contributed by atoms with Gasteiger partial charge in [-0.25, -0.2) is 0 Å². The monoisotopic (exact) mass is 288 g/mol. The minimum Gasteiger partial charge on any atom is -0.374 e. The largest absolute Gasteiger partial charge is 0.374 e. The number of nitrogens with one attached hydrogen (secondary N) is 2. The van der Waals surface area contributed by atoms with Crippen LogP contribution in [0.5, 0.6) is 0 Å². The summed E-state index contributed by atoms with van der Waals surface area (Å²) in [6, 6.07) is 8.93. The van der Waals surface area contributed by atoms with Crippen LogP contribution in [0, 0.1) is 11.3 Å². The molecule has 0 radical (unpaired) electrons. The molecule has 1 atom stereocenters. The Morgan fingerprint density at radius 3 is 3.19 bits per heavy atom. The van der Waals surface area contributed by atoms with Gasteiger partial charge in [0.2, 0.25) is 5.91 Å². The number of rotatable bonds is 5. The summed E-state index contributed by atoms with van der Waals surface area (Å²) in [5.41, 5.74) is 1.17. The van der Waals surface area contributed by atoms with Crippen molar-refractivity contribution in [2.45, 2.75) is 6.10 Å². The number of morpholine rings is 1. The Morgan fingerprint density at radius 1 is 1.62 bits per heavy atom. The summed E-state index contributed by atoms with van der Waals surface area (Å²) in [6.07, 6.45) is 0.124. The van der Waals surface area contributed by atoms with Gasteiger partial charge in [0.15, 0.2) is 0 Å². The van der Waals surface area contributed by atoms with Crippen molar-refractivity contribution >= 4 is 11.6 Å². The van der Waals surface area contributed by atoms with Crippen LogP contribution in [0.3, 0.4) is 0 Å². The molecule has 1 aromatic carbocycles. The minimum absolute atomic E-state index is 0.101. The van der Waals surface area contributed by atoms with E-state index < -0.39 is 0 Å². The molecule has 0 aliphatic carbocycles. The smallest absolute Gasteiger partial charge is 0.238 e. The van der Waals surface area contributed by atoms with E-state index in [4.69, 9.17) is 10.00 Å². The molecular weight excluding hydrogens is 268 g/mol. The Bertz CT molecular complexity index is 521. The van der Waals surface area contributed by atoms with Gasteiger partial charge >= 0.3 is 0 Å². The van der Waals surface area contributed by atoms with E-state index >= 15 is 0 Å². The summed E-state index contributed by atoms with van der Waals surface area (Å²) in [5, 5.41) is 14.9. The van der Waals surface area contributed by atoms with Gasteiger partial charge in [0.25, 0.3) is 0 Å². The van der Waals surface area contributed by atoms with Crippen molar-refractivity contribution in [1.82, 2.24) is 10.2 Å². The summed E-state index contributed by atoms with van der Waals surface area (Å²) >= 11 is 0. The summed E-state index contributed by atoms with van der Waals surface area (Å²) in [7, 11) is 1.89. The van der Waals surface area contributed by atoms with E-state index in [0.29, 0.717) is 24.4 Å². The number of hydrogen-bond donors (Lipinski definition) is 2. The topological polar surface area (TPSA) is 77.4 Å². The fraction of sp³-hybridized carbons (Fsp3) is 0.467. The van der Waals surface area contributed by atoms with Crippen molar-refractivity contribution in [3.05, 3.63) is 29.8 Å². The molecule has 1 aromatic rings. The lowest BCUT2D eigenvalue weighted by molar-refractivity contribution is -0.117. The summed E-state index contributed by atoms with van der Waals surface area (Å²) < 4.78 is 5.61. The normalized spacial score (nSPS) is 18.2. The predicted octanol–water partition coefficient (Wildman–Crippen LogP) is 0.417. The average Bonchev–Trinajstić information content (AvgIpc) is 2.48. The standard InChI is InChI=1S/C15H20N4O2/c1-19(10-14-9-17-5-6-21-14)11-15(20)18-13-4-2-3-12(7-13)8-16/h2-4,7,14,17H,5-6,9-11H2,1H3,(H,18,20). The molecule has 0 bridgehead atoms. The Morgan fingerprint density at radius 2 is 2.48 bits per heavy atom. The van der Waals surface area contributed by atoms with Crippen molar-refractivity contribution in [1.29, 1.82) is 5.26 Å². The zero-order valence-corrected chi connectivity index (χ0v) is 12.1. The van der Waals surface area contributed by atoms with Gasteiger partial charge in [0, 0.05) is 25.3 Å². The molecule has 1 fully saturated rings. The lowest BCUT2D eigenvalue weighted by atomic mass is 10.2. The molecule has 1 unspecified atom stereocenters. The van der Waals surface area contributed by atoms with E-state index in [1.165, 1.54) is 0 Å². The minimum atomic E-state index is -0.101. The van der Waals surface area contributed by atoms with E-state index in [1.54, 1.807) is 24.3 Å². The second-order valence-electron chi connectivity index (χ2n) is 5.13. The first-order valence-corrected chi connectivity index (χ1v) is 6.98. The number of anilines is 1. The summed E-state index contributed by atoms with van der Waals surface area (Å²) in [6.45, 7) is 3.41. The van der Waals surface area contributed by atoms with Crippen molar-refractivity contribution < 1.29 is 9.53 Å². The first-order valence-electron chi connectivity index (χ1n) is 6.98. The molecule has 112 valence electrons. The van der Waals surface area contributed by atoms with Crippen LogP contribution in [0.25, 0.3) is 0 Å². The molecule has 1 saturated heterocycles. The molecule has 1 aliphatic heterocycles. The molecule has 2 N–H and O–H groups in total. The second-order valence-corrected chi connectivity index (χ2v) is 5.13. The van der Waals surface area contributed by atoms with Gasteiger partial charge in [-0.3, -0.25) is 9.69 Å². The Labute approximate surface area is 124 Å². The van der Waals surface area contributed by atoms with Gasteiger partial charge in [-0.2, -0.15) is 5.26 Å². The predicted molar refractivity (Wildman–Crippen MR) is 79.9 cm³/mol. The van der Waals surface area contributed by atoms with Gasteiger partial charge in [-0.1, -0.05) is 6.07 Å². The van der Waals surface area contributed by atoms with Gasteiger partial charge in [0.1, 0.15) is 0 Å². The zero-order chi connectivity index (χ0) is 15.1. The summed E-state index contributed by atoms with van der Waals surface area (Å²) in [5.74, 6) is -0.101. The second kappa shape index (κ2) is 7.74. The van der Waals surface area contributed by atoms with E-state index in [9.17, 15) is 4.79 Å². The molecular formula is C15H20N4O2. The molecule has 1 amide bonds. The first kappa shape index (κ1) is 15.4. The van der Waals surface area contributed by atoms with Gasteiger partial charge in [-0.05, 0) is 25.2 Å². The number of ether oxygens (including phenoxy) is 1. The van der Waals surface area contributed by atoms with Crippen LogP contribution in [0.15, 0.2) is 24.3 Å². The molecule has 2 rings (SSSR count). The van der Waals surface area contributed by atoms with E-state index in [1.807, 2.05) is 11.9 Å². The number of nitrogens with zero attached hydrogens (tertiary/aromatic N) is 2. The number of hydrogen-bond acceptors (Lipinski definition) is 5. The lowest BCUT2D eigenvalue weighted by Crippen LogP contribution is -2.45. The SMILES string of the molecule is CN(CC(=O)Nc1cccc(C#N)c1)CC1CNCCO1. The lowest BCUT2D eigenvalue weighted by Gasteiger charge is -2.27. The van der Waals surface area contributed by atoms with Crippen LogP contribution in [0.1, 0.15) is 5.56 Å². The van der Waals surface area contributed by atoms with Gasteiger partial charge < -0.3 is 15.4 Å². The van der Waals surface area contributed by atoms with Crippen LogP contribution >= 0.6 is 0 Å². The van der Waals surface area contributed by atoms with Crippen molar-refractivity contribution in [2.24, 2.45) is 0 Å². The zero-order valence-electron chi connectivity index (χ0n) is 12.1. The number of carbonyl (C=O) groups excluding carboxylic acids is 1. The molecule has 21 heavy (non-hydrogen) atoms. The number of amides is 1. The maximum atomic E-state index is 12.0. The van der Waals surface area contributed by atoms with Crippen LogP contribution < -0.4 is 10.6 Å². The molecule has 0 aromatic heterocycles. The van der Waals surface area contributed by atoms with Crippen LogP contribution in [-0.4, -0.2) is 56.7 Å².